The van der Waals surface area contributed by atoms with Crippen molar-refractivity contribution in [1.29, 1.82) is 0 Å². The minimum absolute atomic E-state index is 0.147. The minimum Gasteiger partial charge on any atom is -0.354 e. The first-order valence-corrected chi connectivity index (χ1v) is 13.8. The van der Waals surface area contributed by atoms with Gasteiger partial charge in [-0.05, 0) is 43.9 Å². The maximum Gasteiger partial charge on any atom is 0.242 e. The predicted molar refractivity (Wildman–Crippen MR) is 139 cm³/mol. The summed E-state index contributed by atoms with van der Waals surface area (Å²) in [5, 5.41) is 2.96. The fourth-order valence-corrected chi connectivity index (χ4v) is 5.15. The van der Waals surface area contributed by atoms with Crippen LogP contribution in [0.25, 0.3) is 0 Å². The van der Waals surface area contributed by atoms with Crippen molar-refractivity contribution in [3.8, 4) is 0 Å². The number of sulfonamides is 1. The summed E-state index contributed by atoms with van der Waals surface area (Å²) in [4.78, 5) is 28.1. The molecule has 0 spiro atoms. The molecule has 0 aliphatic carbocycles. The third-order valence-corrected chi connectivity index (χ3v) is 7.84. The van der Waals surface area contributed by atoms with Crippen LogP contribution < -0.4 is 5.32 Å². The van der Waals surface area contributed by atoms with E-state index in [1.54, 1.807) is 35.2 Å². The lowest BCUT2D eigenvalue weighted by Gasteiger charge is -2.31. The lowest BCUT2D eigenvalue weighted by molar-refractivity contribution is -0.141. The van der Waals surface area contributed by atoms with Crippen molar-refractivity contribution in [2.75, 3.05) is 20.1 Å². The summed E-state index contributed by atoms with van der Waals surface area (Å²) < 4.78 is 26.8. The van der Waals surface area contributed by atoms with Crippen LogP contribution in [-0.4, -0.2) is 55.6 Å². The van der Waals surface area contributed by atoms with Gasteiger partial charge in [0.1, 0.15) is 6.04 Å². The molecule has 0 unspecified atom stereocenters. The second-order valence-electron chi connectivity index (χ2n) is 8.82. The number of aryl methyl sites for hydroxylation is 1. The van der Waals surface area contributed by atoms with Gasteiger partial charge >= 0.3 is 0 Å². The van der Waals surface area contributed by atoms with Crippen LogP contribution in [0.3, 0.4) is 0 Å². The molecule has 192 valence electrons. The third-order valence-electron chi connectivity index (χ3n) is 5.97. The molecule has 0 bridgehead atoms. The summed E-state index contributed by atoms with van der Waals surface area (Å²) in [6.45, 7) is 7.08. The van der Waals surface area contributed by atoms with Crippen LogP contribution in [0.5, 0.6) is 0 Å². The Morgan fingerprint density at radius 2 is 1.71 bits per heavy atom. The highest BCUT2D eigenvalue weighted by Gasteiger charge is 2.28. The van der Waals surface area contributed by atoms with Crippen LogP contribution in [0.2, 0.25) is 0 Å². The van der Waals surface area contributed by atoms with Crippen molar-refractivity contribution in [2.45, 2.75) is 70.4 Å². The zero-order chi connectivity index (χ0) is 25.8. The zero-order valence-corrected chi connectivity index (χ0v) is 22.2. The lowest BCUT2D eigenvalue weighted by atomic mass is 10.1. The Morgan fingerprint density at radius 1 is 1.00 bits per heavy atom. The fraction of sp³-hybridized carbons (Fsp3) is 0.481. The summed E-state index contributed by atoms with van der Waals surface area (Å²) in [7, 11) is -2.09. The molecule has 2 aromatic carbocycles. The molecule has 1 atom stereocenters. The molecular weight excluding hydrogens is 462 g/mol. The second kappa shape index (κ2) is 14.0. The first-order valence-electron chi connectivity index (χ1n) is 12.3. The second-order valence-corrected chi connectivity index (χ2v) is 10.9. The van der Waals surface area contributed by atoms with Crippen molar-refractivity contribution >= 4 is 21.8 Å². The maximum absolute atomic E-state index is 13.3. The van der Waals surface area contributed by atoms with Crippen molar-refractivity contribution in [3.05, 3.63) is 65.7 Å². The molecule has 35 heavy (non-hydrogen) atoms. The Bertz CT molecular complexity index is 1060. The number of carbonyl (C=O) groups excluding carboxylic acids is 2. The van der Waals surface area contributed by atoms with Gasteiger partial charge in [-0.1, -0.05) is 68.3 Å². The normalized spacial score (nSPS) is 12.4. The number of benzene rings is 2. The summed E-state index contributed by atoms with van der Waals surface area (Å²) in [6, 6.07) is 15.6. The third kappa shape index (κ3) is 8.47. The summed E-state index contributed by atoms with van der Waals surface area (Å²) in [5.74, 6) is -0.305. The highest BCUT2D eigenvalue weighted by atomic mass is 32.2. The van der Waals surface area contributed by atoms with E-state index in [9.17, 15) is 18.0 Å². The van der Waals surface area contributed by atoms with Gasteiger partial charge in [-0.15, -0.1) is 0 Å². The van der Waals surface area contributed by atoms with Gasteiger partial charge in [-0.3, -0.25) is 9.59 Å². The van der Waals surface area contributed by atoms with E-state index in [-0.39, 0.29) is 29.7 Å². The van der Waals surface area contributed by atoms with Crippen LogP contribution in [0.4, 0.5) is 0 Å². The summed E-state index contributed by atoms with van der Waals surface area (Å²) in [5.41, 5.74) is 2.05. The summed E-state index contributed by atoms with van der Waals surface area (Å²) >= 11 is 0. The van der Waals surface area contributed by atoms with E-state index < -0.39 is 16.1 Å². The Kier molecular flexibility index (Phi) is 11.4. The van der Waals surface area contributed by atoms with Gasteiger partial charge < -0.3 is 10.2 Å². The first-order chi connectivity index (χ1) is 16.7. The number of nitrogens with zero attached hydrogens (tertiary/aromatic N) is 2. The van der Waals surface area contributed by atoms with Crippen LogP contribution in [0.1, 0.15) is 57.1 Å². The van der Waals surface area contributed by atoms with E-state index in [1.807, 2.05) is 38.1 Å². The van der Waals surface area contributed by atoms with Gasteiger partial charge in [-0.25, -0.2) is 12.7 Å². The quantitative estimate of drug-likeness (QED) is 0.395. The molecule has 0 aliphatic rings. The number of carbonyl (C=O) groups is 2. The average molecular weight is 502 g/mol. The number of unbranched alkanes of at least 4 members (excludes halogenated alkanes) is 1. The van der Waals surface area contributed by atoms with Gasteiger partial charge in [0.05, 0.1) is 4.90 Å². The first kappa shape index (κ1) is 28.5. The van der Waals surface area contributed by atoms with Gasteiger partial charge in [0.15, 0.2) is 0 Å². The van der Waals surface area contributed by atoms with Gasteiger partial charge in [0, 0.05) is 33.1 Å². The SMILES string of the molecule is CCCCNC(=O)[C@H](CC)N(Cc1cccc(C)c1)C(=O)CCCN(C)S(=O)(=O)c1ccccc1. The van der Waals surface area contributed by atoms with E-state index in [1.165, 1.54) is 11.4 Å². The lowest BCUT2D eigenvalue weighted by Crippen LogP contribution is -2.49. The number of hydrogen-bond acceptors (Lipinski definition) is 4. The van der Waals surface area contributed by atoms with E-state index >= 15 is 0 Å². The molecule has 0 aromatic heterocycles. The smallest absolute Gasteiger partial charge is 0.242 e. The topological polar surface area (TPSA) is 86.8 Å². The molecule has 2 amide bonds. The van der Waals surface area contributed by atoms with E-state index in [2.05, 4.69) is 12.2 Å². The van der Waals surface area contributed by atoms with Gasteiger partial charge in [0.25, 0.3) is 0 Å². The maximum atomic E-state index is 13.3. The van der Waals surface area contributed by atoms with Crippen LogP contribution in [0, 0.1) is 6.92 Å². The molecule has 0 fully saturated rings. The Morgan fingerprint density at radius 3 is 2.34 bits per heavy atom. The van der Waals surface area contributed by atoms with E-state index in [0.29, 0.717) is 25.9 Å². The number of amides is 2. The molecular formula is C27H39N3O4S. The molecule has 0 radical (unpaired) electrons. The number of hydrogen-bond donors (Lipinski definition) is 1. The van der Waals surface area contributed by atoms with Crippen LogP contribution in [0.15, 0.2) is 59.5 Å². The average Bonchev–Trinajstić information content (AvgIpc) is 2.84. The molecule has 8 heteroatoms. The van der Waals surface area contributed by atoms with Crippen LogP contribution >= 0.6 is 0 Å². The Balaban J connectivity index is 2.11. The molecule has 2 rings (SSSR count). The van der Waals surface area contributed by atoms with Crippen molar-refractivity contribution in [1.82, 2.24) is 14.5 Å². The Labute approximate surface area is 210 Å². The van der Waals surface area contributed by atoms with Crippen LogP contribution in [-0.2, 0) is 26.2 Å². The minimum atomic E-state index is -3.61. The Hall–Kier alpha value is -2.71. The van der Waals surface area contributed by atoms with E-state index in [4.69, 9.17) is 0 Å². The monoisotopic (exact) mass is 501 g/mol. The van der Waals surface area contributed by atoms with Gasteiger partial charge in [-0.2, -0.15) is 0 Å². The largest absolute Gasteiger partial charge is 0.354 e. The fourth-order valence-electron chi connectivity index (χ4n) is 3.92. The summed E-state index contributed by atoms with van der Waals surface area (Å²) in [6.07, 6.45) is 2.87. The molecule has 2 aromatic rings. The number of nitrogens with one attached hydrogen (secondary N) is 1. The predicted octanol–water partition coefficient (Wildman–Crippen LogP) is 4.12. The van der Waals surface area contributed by atoms with Gasteiger partial charge in [0.2, 0.25) is 21.8 Å². The molecule has 1 N–H and O–H groups in total. The zero-order valence-electron chi connectivity index (χ0n) is 21.4. The molecule has 0 saturated carbocycles. The highest BCUT2D eigenvalue weighted by Crippen LogP contribution is 2.17. The highest BCUT2D eigenvalue weighted by molar-refractivity contribution is 7.89. The standard InChI is InChI=1S/C27H39N3O4S/c1-5-7-18-28-27(32)25(6-2)30(21-23-14-11-13-22(3)20-23)26(31)17-12-19-29(4)35(33,34)24-15-9-8-10-16-24/h8-11,13-16,20,25H,5-7,12,17-19,21H2,1-4H3,(H,28,32)/t25-/m0/s1. The molecule has 0 saturated heterocycles. The molecule has 0 heterocycles. The van der Waals surface area contributed by atoms with E-state index in [0.717, 1.165) is 24.0 Å². The molecule has 0 aliphatic heterocycles. The number of rotatable bonds is 14. The van der Waals surface area contributed by atoms with Crippen molar-refractivity contribution in [3.63, 3.8) is 0 Å². The van der Waals surface area contributed by atoms with Crippen molar-refractivity contribution in [2.24, 2.45) is 0 Å². The van der Waals surface area contributed by atoms with Crippen molar-refractivity contribution < 1.29 is 18.0 Å². The molecule has 7 nitrogen and oxygen atoms in total.